The van der Waals surface area contributed by atoms with Crippen LogP contribution in [0.2, 0.25) is 19.6 Å². The number of aliphatic hydroxyl groups is 1. The van der Waals surface area contributed by atoms with Gasteiger partial charge in [-0.1, -0.05) is 44.6 Å². The van der Waals surface area contributed by atoms with Crippen LogP contribution in [0, 0.1) is 0 Å². The van der Waals surface area contributed by atoms with Gasteiger partial charge in [-0.3, -0.25) is 4.79 Å². The Morgan fingerprint density at radius 1 is 1.20 bits per heavy atom. The summed E-state index contributed by atoms with van der Waals surface area (Å²) in [4.78, 5) is 11.9. The standard InChI is InChI=1S/C12H22O2Si/c1-15(2,3)10-7-11(13)12(14)8-5-4-6-9-12/h7,10,14H,4-6,8-9H2,1-3H3. The summed E-state index contributed by atoms with van der Waals surface area (Å²) in [6.45, 7) is 6.55. The zero-order chi connectivity index (χ0) is 11.5. The number of ketones is 1. The topological polar surface area (TPSA) is 37.3 Å². The first kappa shape index (κ1) is 12.7. The maximum absolute atomic E-state index is 11.9. The van der Waals surface area contributed by atoms with Gasteiger partial charge < -0.3 is 5.11 Å². The minimum absolute atomic E-state index is 0.0791. The highest BCUT2D eigenvalue weighted by molar-refractivity contribution is 6.81. The predicted molar refractivity (Wildman–Crippen MR) is 65.5 cm³/mol. The first-order chi connectivity index (χ1) is 6.83. The molecule has 0 aliphatic heterocycles. The van der Waals surface area contributed by atoms with Gasteiger partial charge in [0.25, 0.3) is 0 Å². The Hall–Kier alpha value is -0.413. The van der Waals surface area contributed by atoms with Crippen molar-refractivity contribution in [3.8, 4) is 0 Å². The maximum Gasteiger partial charge on any atom is 0.186 e. The van der Waals surface area contributed by atoms with Gasteiger partial charge in [0.1, 0.15) is 5.60 Å². The van der Waals surface area contributed by atoms with Crippen molar-refractivity contribution in [3.05, 3.63) is 11.8 Å². The summed E-state index contributed by atoms with van der Waals surface area (Å²) in [6.07, 6.45) is 6.00. The van der Waals surface area contributed by atoms with E-state index in [0.717, 1.165) is 19.3 Å². The number of carbonyl (C=O) groups is 1. The molecule has 2 nitrogen and oxygen atoms in total. The molecular weight excluding hydrogens is 204 g/mol. The minimum atomic E-state index is -1.33. The maximum atomic E-state index is 11.9. The van der Waals surface area contributed by atoms with Gasteiger partial charge in [-0.25, -0.2) is 0 Å². The summed E-state index contributed by atoms with van der Waals surface area (Å²) < 4.78 is 0. The molecule has 0 spiro atoms. The largest absolute Gasteiger partial charge is 0.382 e. The second kappa shape index (κ2) is 4.62. The molecule has 0 heterocycles. The Bertz CT molecular complexity index is 257. The van der Waals surface area contributed by atoms with Crippen LogP contribution in [0.25, 0.3) is 0 Å². The average molecular weight is 226 g/mol. The lowest BCUT2D eigenvalue weighted by molar-refractivity contribution is -0.135. The van der Waals surface area contributed by atoms with E-state index in [-0.39, 0.29) is 5.78 Å². The van der Waals surface area contributed by atoms with Crippen molar-refractivity contribution >= 4 is 13.9 Å². The van der Waals surface area contributed by atoms with Crippen molar-refractivity contribution in [2.45, 2.75) is 57.3 Å². The molecule has 3 heteroatoms. The summed E-state index contributed by atoms with van der Waals surface area (Å²) in [5, 5.41) is 10.2. The van der Waals surface area contributed by atoms with Crippen LogP contribution in [-0.2, 0) is 4.79 Å². The molecule has 1 aliphatic rings. The Labute approximate surface area is 93.4 Å². The second-order valence-corrected chi connectivity index (χ2v) is 10.7. The third kappa shape index (κ3) is 3.91. The van der Waals surface area contributed by atoms with Crippen LogP contribution in [0.4, 0.5) is 0 Å². The van der Waals surface area contributed by atoms with Gasteiger partial charge in [-0.05, 0) is 18.9 Å². The fraction of sp³-hybridized carbons (Fsp3) is 0.750. The number of hydrogen-bond donors (Lipinski definition) is 1. The van der Waals surface area contributed by atoms with Gasteiger partial charge in [-0.2, -0.15) is 0 Å². The first-order valence-electron chi connectivity index (χ1n) is 5.80. The number of rotatable bonds is 3. The van der Waals surface area contributed by atoms with E-state index in [0.29, 0.717) is 12.8 Å². The molecule has 15 heavy (non-hydrogen) atoms. The molecule has 0 unspecified atom stereocenters. The minimum Gasteiger partial charge on any atom is -0.382 e. The third-order valence-corrected chi connectivity index (χ3v) is 4.04. The lowest BCUT2D eigenvalue weighted by Gasteiger charge is -2.29. The lowest BCUT2D eigenvalue weighted by Crippen LogP contribution is -2.39. The average Bonchev–Trinajstić information content (AvgIpc) is 2.14. The van der Waals surface area contributed by atoms with Crippen molar-refractivity contribution in [1.29, 1.82) is 0 Å². The Balaban J connectivity index is 2.63. The van der Waals surface area contributed by atoms with Crippen LogP contribution >= 0.6 is 0 Å². The van der Waals surface area contributed by atoms with Gasteiger partial charge in [0.2, 0.25) is 0 Å². The lowest BCUT2D eigenvalue weighted by atomic mass is 9.82. The smallest absolute Gasteiger partial charge is 0.186 e. The summed E-state index contributed by atoms with van der Waals surface area (Å²) in [5.74, 6) is -0.0791. The molecule has 0 saturated heterocycles. The molecule has 1 saturated carbocycles. The van der Waals surface area contributed by atoms with E-state index in [1.165, 1.54) is 0 Å². The van der Waals surface area contributed by atoms with Crippen LogP contribution in [0.3, 0.4) is 0 Å². The Morgan fingerprint density at radius 3 is 2.20 bits per heavy atom. The van der Waals surface area contributed by atoms with Gasteiger partial charge in [0, 0.05) is 0 Å². The fourth-order valence-electron chi connectivity index (χ4n) is 1.86. The highest BCUT2D eigenvalue weighted by Gasteiger charge is 2.35. The monoisotopic (exact) mass is 226 g/mol. The van der Waals surface area contributed by atoms with E-state index in [9.17, 15) is 9.90 Å². The van der Waals surface area contributed by atoms with Crippen LogP contribution < -0.4 is 0 Å². The molecule has 0 radical (unpaired) electrons. The van der Waals surface area contributed by atoms with E-state index in [4.69, 9.17) is 0 Å². The predicted octanol–water partition coefficient (Wildman–Crippen LogP) is 2.68. The molecule has 1 aliphatic carbocycles. The number of carbonyl (C=O) groups excluding carboxylic acids is 1. The molecule has 1 rings (SSSR count). The van der Waals surface area contributed by atoms with Crippen molar-refractivity contribution in [2.75, 3.05) is 0 Å². The van der Waals surface area contributed by atoms with Gasteiger partial charge in [0.05, 0.1) is 8.07 Å². The molecule has 0 aromatic heterocycles. The van der Waals surface area contributed by atoms with Crippen LogP contribution in [0.15, 0.2) is 11.8 Å². The van der Waals surface area contributed by atoms with Crippen LogP contribution in [-0.4, -0.2) is 24.6 Å². The first-order valence-corrected chi connectivity index (χ1v) is 9.37. The molecule has 0 atom stereocenters. The summed E-state index contributed by atoms with van der Waals surface area (Å²) in [6, 6.07) is 0. The molecule has 1 N–H and O–H groups in total. The van der Waals surface area contributed by atoms with Crippen molar-refractivity contribution in [2.24, 2.45) is 0 Å². The van der Waals surface area contributed by atoms with Gasteiger partial charge >= 0.3 is 0 Å². The van der Waals surface area contributed by atoms with Crippen LogP contribution in [0.5, 0.6) is 0 Å². The van der Waals surface area contributed by atoms with Crippen molar-refractivity contribution < 1.29 is 9.90 Å². The van der Waals surface area contributed by atoms with E-state index in [2.05, 4.69) is 19.6 Å². The molecule has 1 fully saturated rings. The molecule has 0 amide bonds. The van der Waals surface area contributed by atoms with Crippen molar-refractivity contribution in [1.82, 2.24) is 0 Å². The van der Waals surface area contributed by atoms with Crippen molar-refractivity contribution in [3.63, 3.8) is 0 Å². The van der Waals surface area contributed by atoms with E-state index in [1.807, 2.05) is 5.70 Å². The van der Waals surface area contributed by atoms with E-state index >= 15 is 0 Å². The number of hydrogen-bond acceptors (Lipinski definition) is 2. The highest BCUT2D eigenvalue weighted by atomic mass is 28.3. The molecule has 0 bridgehead atoms. The normalized spacial score (nSPS) is 21.9. The molecule has 0 aromatic carbocycles. The summed E-state index contributed by atoms with van der Waals surface area (Å²) >= 11 is 0. The van der Waals surface area contributed by atoms with E-state index < -0.39 is 13.7 Å². The third-order valence-electron chi connectivity index (χ3n) is 2.87. The van der Waals surface area contributed by atoms with Crippen LogP contribution in [0.1, 0.15) is 32.1 Å². The fourth-order valence-corrected chi connectivity index (χ4v) is 2.52. The molecule has 0 aromatic rings. The van der Waals surface area contributed by atoms with Gasteiger partial charge in [-0.15, -0.1) is 0 Å². The SMILES string of the molecule is C[Si](C)(C)C=CC(=O)C1(O)CCCCC1. The Morgan fingerprint density at radius 2 is 1.73 bits per heavy atom. The zero-order valence-corrected chi connectivity index (χ0v) is 11.0. The Kier molecular flexibility index (Phi) is 3.90. The highest BCUT2D eigenvalue weighted by Crippen LogP contribution is 2.29. The van der Waals surface area contributed by atoms with E-state index in [1.54, 1.807) is 6.08 Å². The van der Waals surface area contributed by atoms with Gasteiger partial charge in [0.15, 0.2) is 5.78 Å². The summed E-state index contributed by atoms with van der Waals surface area (Å²) in [5.41, 5.74) is 0.969. The molecular formula is C12H22O2Si. The quantitative estimate of drug-likeness (QED) is 0.593. The summed E-state index contributed by atoms with van der Waals surface area (Å²) in [7, 11) is -1.33. The zero-order valence-electron chi connectivity index (χ0n) is 10.0. The second-order valence-electron chi connectivity index (χ2n) is 5.66. The molecule has 86 valence electrons.